The summed E-state index contributed by atoms with van der Waals surface area (Å²) in [4.78, 5) is 52.9. The quantitative estimate of drug-likeness (QED) is 0.447. The maximum atomic E-state index is 13.8. The Morgan fingerprint density at radius 2 is 1.85 bits per heavy atom. The van der Waals surface area contributed by atoms with Crippen molar-refractivity contribution < 1.29 is 41.5 Å². The van der Waals surface area contributed by atoms with Crippen molar-refractivity contribution in [3.63, 3.8) is 0 Å². The highest BCUT2D eigenvalue weighted by Gasteiger charge is 2.60. The Morgan fingerprint density at radius 1 is 1.15 bits per heavy atom. The molecule has 40 heavy (non-hydrogen) atoms. The molecule has 5 rings (SSSR count). The zero-order chi connectivity index (χ0) is 28.8. The van der Waals surface area contributed by atoms with Crippen LogP contribution in [0.5, 0.6) is 0 Å². The number of nitrogens with zero attached hydrogens (tertiary/aromatic N) is 1. The highest BCUT2D eigenvalue weighted by Crippen LogP contribution is 2.46. The van der Waals surface area contributed by atoms with Gasteiger partial charge in [0.2, 0.25) is 17.4 Å². The average molecular weight is 563 g/mol. The van der Waals surface area contributed by atoms with E-state index in [2.05, 4.69) is 10.6 Å². The van der Waals surface area contributed by atoms with Crippen LogP contribution in [0.2, 0.25) is 0 Å². The van der Waals surface area contributed by atoms with Gasteiger partial charge in [0.25, 0.3) is 5.91 Å². The van der Waals surface area contributed by atoms with Crippen LogP contribution in [0.25, 0.3) is 0 Å². The third-order valence-corrected chi connectivity index (χ3v) is 7.54. The lowest BCUT2D eigenvalue weighted by molar-refractivity contribution is -0.160. The van der Waals surface area contributed by atoms with Crippen molar-refractivity contribution in [2.45, 2.75) is 50.0 Å². The molecule has 2 unspecified atom stereocenters. The Labute approximate surface area is 226 Å². The molecule has 2 saturated heterocycles. The van der Waals surface area contributed by atoms with E-state index < -0.39 is 47.6 Å². The standard InChI is InChI=1S/C27H26F4N4O5/c1-14(27(29,30)31)33-23(37)21(10-15-2-4-18(28)5-3-15)35-24(38)26(40-25(35)39)9-8-16-11-19(6-7-20(16)26)34-22(36)17-12-32-13-17/h2-7,11,14,17,21,32H,8-10,12-13H2,1H3,(H,33,37)(H,34,36)/t14-,21?,26?/m0/s1. The van der Waals surface area contributed by atoms with Gasteiger partial charge in [-0.25, -0.2) is 14.1 Å². The summed E-state index contributed by atoms with van der Waals surface area (Å²) < 4.78 is 58.6. The molecule has 0 aromatic heterocycles. The Hall–Kier alpha value is -4.00. The van der Waals surface area contributed by atoms with Crippen molar-refractivity contribution in [2.75, 3.05) is 18.4 Å². The summed E-state index contributed by atoms with van der Waals surface area (Å²) in [7, 11) is 0. The van der Waals surface area contributed by atoms with Crippen LogP contribution in [-0.2, 0) is 37.6 Å². The summed E-state index contributed by atoms with van der Waals surface area (Å²) in [6.45, 7) is 1.90. The van der Waals surface area contributed by atoms with Gasteiger partial charge in [-0.1, -0.05) is 18.2 Å². The minimum Gasteiger partial charge on any atom is -0.427 e. The number of aryl methyl sites for hydroxylation is 1. The number of anilines is 1. The minimum absolute atomic E-state index is 0.0528. The molecule has 2 aliphatic heterocycles. The molecule has 3 aliphatic rings. The second kappa shape index (κ2) is 10.2. The number of hydrogen-bond donors (Lipinski definition) is 3. The van der Waals surface area contributed by atoms with Gasteiger partial charge >= 0.3 is 12.3 Å². The van der Waals surface area contributed by atoms with Crippen LogP contribution in [0, 0.1) is 11.7 Å². The Bertz CT molecular complexity index is 1360. The van der Waals surface area contributed by atoms with Gasteiger partial charge < -0.3 is 20.7 Å². The fourth-order valence-electron chi connectivity index (χ4n) is 5.09. The molecule has 3 N–H and O–H groups in total. The molecule has 0 radical (unpaired) electrons. The van der Waals surface area contributed by atoms with Gasteiger partial charge in [-0.3, -0.25) is 14.4 Å². The predicted molar refractivity (Wildman–Crippen MR) is 132 cm³/mol. The number of rotatable bonds is 7. The minimum atomic E-state index is -4.76. The van der Waals surface area contributed by atoms with Crippen LogP contribution in [0.15, 0.2) is 42.5 Å². The third-order valence-electron chi connectivity index (χ3n) is 7.54. The second-order valence-electron chi connectivity index (χ2n) is 10.2. The average Bonchev–Trinajstić information content (AvgIpc) is 3.33. The lowest BCUT2D eigenvalue weighted by atomic mass is 9.93. The van der Waals surface area contributed by atoms with Gasteiger partial charge in [0.1, 0.15) is 17.9 Å². The van der Waals surface area contributed by atoms with Crippen molar-refractivity contribution in [3.8, 4) is 0 Å². The maximum Gasteiger partial charge on any atom is 0.418 e. The predicted octanol–water partition coefficient (Wildman–Crippen LogP) is 2.78. The molecule has 1 spiro atoms. The molecule has 2 fully saturated rings. The van der Waals surface area contributed by atoms with E-state index in [0.29, 0.717) is 46.8 Å². The van der Waals surface area contributed by atoms with Gasteiger partial charge in [0.05, 0.1) is 5.92 Å². The van der Waals surface area contributed by atoms with Crippen molar-refractivity contribution in [1.29, 1.82) is 0 Å². The van der Waals surface area contributed by atoms with Gasteiger partial charge in [0, 0.05) is 37.2 Å². The fourth-order valence-corrected chi connectivity index (χ4v) is 5.09. The van der Waals surface area contributed by atoms with Crippen LogP contribution >= 0.6 is 0 Å². The number of imide groups is 1. The summed E-state index contributed by atoms with van der Waals surface area (Å²) >= 11 is 0. The number of halogens is 4. The highest BCUT2D eigenvalue weighted by atomic mass is 19.4. The third kappa shape index (κ3) is 5.01. The molecule has 2 aromatic carbocycles. The lowest BCUT2D eigenvalue weighted by Gasteiger charge is -2.27. The summed E-state index contributed by atoms with van der Waals surface area (Å²) in [5.41, 5.74) is 0.0933. The van der Waals surface area contributed by atoms with E-state index in [1.807, 2.05) is 5.32 Å². The molecule has 13 heteroatoms. The molecule has 2 heterocycles. The molecular formula is C27H26F4N4O5. The molecule has 2 aromatic rings. The Kier molecular flexibility index (Phi) is 7.02. The maximum absolute atomic E-state index is 13.8. The SMILES string of the molecule is C[C@H](NC(=O)C(Cc1ccc(F)cc1)N1C(=O)OC2(CCc3cc(NC(=O)C4CNC4)ccc32)C1=O)C(F)(F)F. The van der Waals surface area contributed by atoms with E-state index in [1.54, 1.807) is 18.2 Å². The number of carbonyl (C=O) groups excluding carboxylic acids is 4. The smallest absolute Gasteiger partial charge is 0.418 e. The summed E-state index contributed by atoms with van der Waals surface area (Å²) in [6, 6.07) is 5.70. The molecule has 9 nitrogen and oxygen atoms in total. The van der Waals surface area contributed by atoms with Crippen LogP contribution in [0.3, 0.4) is 0 Å². The van der Waals surface area contributed by atoms with Gasteiger partial charge in [-0.05, 0) is 48.7 Å². The Morgan fingerprint density at radius 3 is 2.48 bits per heavy atom. The molecule has 4 amide bonds. The van der Waals surface area contributed by atoms with Crippen LogP contribution in [0.4, 0.5) is 28.0 Å². The summed E-state index contributed by atoms with van der Waals surface area (Å²) in [6.07, 6.45) is -5.93. The molecule has 1 aliphatic carbocycles. The number of alkyl halides is 3. The number of hydrogen-bond acceptors (Lipinski definition) is 6. The van der Waals surface area contributed by atoms with Crippen LogP contribution in [0.1, 0.15) is 30.0 Å². The molecule has 3 atom stereocenters. The first-order valence-electron chi connectivity index (χ1n) is 12.7. The zero-order valence-corrected chi connectivity index (χ0v) is 21.3. The molecular weight excluding hydrogens is 536 g/mol. The second-order valence-corrected chi connectivity index (χ2v) is 10.2. The van der Waals surface area contributed by atoms with Gasteiger partial charge in [0.15, 0.2) is 0 Å². The first-order chi connectivity index (χ1) is 18.9. The highest BCUT2D eigenvalue weighted by molar-refractivity contribution is 6.07. The number of amides is 4. The molecule has 212 valence electrons. The fraction of sp³-hybridized carbons (Fsp3) is 0.407. The molecule has 0 saturated carbocycles. The number of ether oxygens (including phenoxy) is 1. The van der Waals surface area contributed by atoms with Gasteiger partial charge in [-0.2, -0.15) is 13.2 Å². The van der Waals surface area contributed by atoms with Crippen LogP contribution < -0.4 is 16.0 Å². The number of nitrogens with one attached hydrogen (secondary N) is 3. The first kappa shape index (κ1) is 27.6. The van der Waals surface area contributed by atoms with E-state index in [4.69, 9.17) is 4.74 Å². The number of carbonyl (C=O) groups is 4. The van der Waals surface area contributed by atoms with E-state index in [9.17, 15) is 36.7 Å². The topological polar surface area (TPSA) is 117 Å². The number of fused-ring (bicyclic) bond motifs is 2. The first-order valence-corrected chi connectivity index (χ1v) is 12.7. The lowest BCUT2D eigenvalue weighted by Crippen LogP contribution is -2.55. The van der Waals surface area contributed by atoms with Crippen molar-refractivity contribution in [1.82, 2.24) is 15.5 Å². The normalized spacial score (nSPS) is 22.0. The van der Waals surface area contributed by atoms with E-state index in [-0.39, 0.29) is 24.7 Å². The van der Waals surface area contributed by atoms with E-state index in [1.165, 1.54) is 12.1 Å². The summed E-state index contributed by atoms with van der Waals surface area (Å²) in [5.74, 6) is -2.96. The summed E-state index contributed by atoms with van der Waals surface area (Å²) in [5, 5.41) is 7.67. The van der Waals surface area contributed by atoms with Crippen LogP contribution in [-0.4, -0.2) is 60.1 Å². The largest absolute Gasteiger partial charge is 0.427 e. The number of benzene rings is 2. The molecule has 0 bridgehead atoms. The van der Waals surface area contributed by atoms with Gasteiger partial charge in [-0.15, -0.1) is 0 Å². The van der Waals surface area contributed by atoms with Crippen molar-refractivity contribution in [3.05, 3.63) is 65.0 Å². The van der Waals surface area contributed by atoms with Crippen molar-refractivity contribution >= 4 is 29.5 Å². The Balaban J connectivity index is 1.42. The van der Waals surface area contributed by atoms with E-state index in [0.717, 1.165) is 19.1 Å². The monoisotopic (exact) mass is 562 g/mol. The van der Waals surface area contributed by atoms with Crippen molar-refractivity contribution in [2.24, 2.45) is 5.92 Å². The zero-order valence-electron chi connectivity index (χ0n) is 21.3. The van der Waals surface area contributed by atoms with E-state index >= 15 is 0 Å².